The molecule has 0 aliphatic heterocycles. The number of carbonyl (C=O) groups excluding carboxylic acids is 2. The number of allylic oxidation sites excluding steroid dienone is 4. The third-order valence-corrected chi connectivity index (χ3v) is 1.82. The van der Waals surface area contributed by atoms with Crippen LogP contribution in [0.4, 0.5) is 0 Å². The fourth-order valence-corrected chi connectivity index (χ4v) is 1.39. The molecule has 0 unspecified atom stereocenters. The Morgan fingerprint density at radius 3 is 2.00 bits per heavy atom. The molecule has 0 aromatic rings. The minimum atomic E-state index is 0.0394. The number of hydrogen-bond donors (Lipinski definition) is 0. The lowest BCUT2D eigenvalue weighted by molar-refractivity contribution is -0.116. The third-order valence-electron chi connectivity index (χ3n) is 1.82. The molecule has 2 aliphatic carbocycles. The van der Waals surface area contributed by atoms with Gasteiger partial charge in [-0.2, -0.15) is 0 Å². The lowest BCUT2D eigenvalue weighted by Crippen LogP contribution is -1.88. The van der Waals surface area contributed by atoms with Crippen molar-refractivity contribution >= 4 is 11.6 Å². The first-order valence-electron chi connectivity index (χ1n) is 3.23. The lowest BCUT2D eigenvalue weighted by atomic mass is 10.2. The number of Topliss-reactive ketones (excluding diaryl/α,β-unsaturated/α-hetero) is 1. The molecule has 10 heavy (non-hydrogen) atoms. The van der Waals surface area contributed by atoms with Crippen LogP contribution in [0.25, 0.3) is 0 Å². The maximum absolute atomic E-state index is 10.8. The van der Waals surface area contributed by atoms with Crippen LogP contribution >= 0.6 is 0 Å². The predicted molar refractivity (Wildman–Crippen MR) is 35.4 cm³/mol. The molecular weight excluding hydrogens is 128 g/mol. The second-order valence-electron chi connectivity index (χ2n) is 2.63. The van der Waals surface area contributed by atoms with E-state index in [-0.39, 0.29) is 11.6 Å². The van der Waals surface area contributed by atoms with E-state index < -0.39 is 0 Å². The summed E-state index contributed by atoms with van der Waals surface area (Å²) in [7, 11) is 0. The number of ketones is 2. The van der Waals surface area contributed by atoms with Crippen LogP contribution in [0, 0.1) is 0 Å². The molecule has 1 saturated carbocycles. The zero-order chi connectivity index (χ0) is 7.14. The second kappa shape index (κ2) is 1.66. The topological polar surface area (TPSA) is 34.1 Å². The molecule has 0 aromatic heterocycles. The Balaban J connectivity index is 2.43. The highest BCUT2D eigenvalue weighted by Crippen LogP contribution is 2.30. The van der Waals surface area contributed by atoms with E-state index in [2.05, 4.69) is 0 Å². The highest BCUT2D eigenvalue weighted by atomic mass is 16.1. The van der Waals surface area contributed by atoms with Crippen LogP contribution < -0.4 is 0 Å². The highest BCUT2D eigenvalue weighted by Gasteiger charge is 2.25. The molecule has 0 saturated heterocycles. The van der Waals surface area contributed by atoms with E-state index >= 15 is 0 Å². The van der Waals surface area contributed by atoms with E-state index in [0.29, 0.717) is 12.8 Å². The Bertz CT molecular complexity index is 256. The van der Waals surface area contributed by atoms with Gasteiger partial charge in [-0.25, -0.2) is 0 Å². The van der Waals surface area contributed by atoms with Gasteiger partial charge >= 0.3 is 0 Å². The van der Waals surface area contributed by atoms with Crippen molar-refractivity contribution in [2.24, 2.45) is 0 Å². The van der Waals surface area contributed by atoms with Crippen molar-refractivity contribution < 1.29 is 9.59 Å². The van der Waals surface area contributed by atoms with Gasteiger partial charge in [0, 0.05) is 12.8 Å². The van der Waals surface area contributed by atoms with E-state index in [1.54, 1.807) is 12.2 Å². The summed E-state index contributed by atoms with van der Waals surface area (Å²) in [4.78, 5) is 21.5. The van der Waals surface area contributed by atoms with Crippen molar-refractivity contribution in [2.45, 2.75) is 12.8 Å². The number of fused-ring (bicyclic) bond motifs is 1. The van der Waals surface area contributed by atoms with Crippen LogP contribution in [0.5, 0.6) is 0 Å². The van der Waals surface area contributed by atoms with Crippen LogP contribution in [0.15, 0.2) is 23.3 Å². The van der Waals surface area contributed by atoms with Gasteiger partial charge in [-0.05, 0) is 23.3 Å². The number of rotatable bonds is 0. The molecule has 1 fully saturated rings. The molecule has 0 heterocycles. The van der Waals surface area contributed by atoms with Crippen LogP contribution in [-0.2, 0) is 9.59 Å². The SMILES string of the molecule is O=C1C=C2CC(=O)CC2=C1. The van der Waals surface area contributed by atoms with Crippen LogP contribution in [0.2, 0.25) is 0 Å². The van der Waals surface area contributed by atoms with Gasteiger partial charge in [0.05, 0.1) is 0 Å². The highest BCUT2D eigenvalue weighted by molar-refractivity contribution is 6.08. The molecule has 50 valence electrons. The van der Waals surface area contributed by atoms with Crippen molar-refractivity contribution in [1.82, 2.24) is 0 Å². The smallest absolute Gasteiger partial charge is 0.179 e. The van der Waals surface area contributed by atoms with E-state index in [4.69, 9.17) is 0 Å². The van der Waals surface area contributed by atoms with Crippen LogP contribution in [0.3, 0.4) is 0 Å². The van der Waals surface area contributed by atoms with Gasteiger partial charge in [0.25, 0.3) is 0 Å². The monoisotopic (exact) mass is 134 g/mol. The summed E-state index contributed by atoms with van der Waals surface area (Å²) in [6.45, 7) is 0. The lowest BCUT2D eigenvalue weighted by Gasteiger charge is -1.84. The van der Waals surface area contributed by atoms with Crippen molar-refractivity contribution in [3.63, 3.8) is 0 Å². The van der Waals surface area contributed by atoms with E-state index in [1.807, 2.05) is 0 Å². The zero-order valence-corrected chi connectivity index (χ0v) is 5.39. The number of carbonyl (C=O) groups is 2. The summed E-state index contributed by atoms with van der Waals surface area (Å²) >= 11 is 0. The van der Waals surface area contributed by atoms with Crippen molar-refractivity contribution in [2.75, 3.05) is 0 Å². The average Bonchev–Trinajstić information content (AvgIpc) is 2.21. The van der Waals surface area contributed by atoms with Gasteiger partial charge in [-0.15, -0.1) is 0 Å². The fourth-order valence-electron chi connectivity index (χ4n) is 1.39. The molecule has 2 nitrogen and oxygen atoms in total. The Morgan fingerprint density at radius 1 is 1.00 bits per heavy atom. The van der Waals surface area contributed by atoms with Crippen LogP contribution in [-0.4, -0.2) is 11.6 Å². The Kier molecular flexibility index (Phi) is 0.926. The van der Waals surface area contributed by atoms with Crippen molar-refractivity contribution in [3.8, 4) is 0 Å². The zero-order valence-electron chi connectivity index (χ0n) is 5.39. The molecule has 0 radical (unpaired) electrons. The van der Waals surface area contributed by atoms with Gasteiger partial charge in [0.1, 0.15) is 5.78 Å². The molecule has 2 aliphatic rings. The molecule has 2 rings (SSSR count). The first-order chi connectivity index (χ1) is 4.75. The first kappa shape index (κ1) is 5.59. The fraction of sp³-hybridized carbons (Fsp3) is 0.250. The Labute approximate surface area is 58.2 Å². The summed E-state index contributed by atoms with van der Waals surface area (Å²) in [5.74, 6) is 0.266. The van der Waals surface area contributed by atoms with E-state index in [0.717, 1.165) is 11.1 Å². The van der Waals surface area contributed by atoms with Gasteiger partial charge in [0.15, 0.2) is 5.78 Å². The normalized spacial score (nSPS) is 22.8. The largest absolute Gasteiger partial charge is 0.299 e. The van der Waals surface area contributed by atoms with Gasteiger partial charge < -0.3 is 0 Å². The minimum Gasteiger partial charge on any atom is -0.299 e. The van der Waals surface area contributed by atoms with Crippen molar-refractivity contribution in [3.05, 3.63) is 23.3 Å². The Hall–Kier alpha value is -1.18. The first-order valence-corrected chi connectivity index (χ1v) is 3.23. The number of hydrogen-bond acceptors (Lipinski definition) is 2. The molecule has 0 amide bonds. The molecule has 0 atom stereocenters. The van der Waals surface area contributed by atoms with Gasteiger partial charge in [-0.3, -0.25) is 9.59 Å². The maximum atomic E-state index is 10.8. The second-order valence-corrected chi connectivity index (χ2v) is 2.63. The summed E-state index contributed by atoms with van der Waals surface area (Å²) < 4.78 is 0. The molecule has 0 aromatic carbocycles. The van der Waals surface area contributed by atoms with Gasteiger partial charge in [0.2, 0.25) is 0 Å². The summed E-state index contributed by atoms with van der Waals surface area (Å²) in [5, 5.41) is 0. The Morgan fingerprint density at radius 2 is 1.50 bits per heavy atom. The molecular formula is C8H6O2. The summed E-state index contributed by atoms with van der Waals surface area (Å²) in [6, 6.07) is 0. The van der Waals surface area contributed by atoms with Crippen LogP contribution in [0.1, 0.15) is 12.8 Å². The molecule has 0 bridgehead atoms. The molecule has 0 spiro atoms. The van der Waals surface area contributed by atoms with E-state index in [1.165, 1.54) is 0 Å². The van der Waals surface area contributed by atoms with E-state index in [9.17, 15) is 9.59 Å². The predicted octanol–water partition coefficient (Wildman–Crippen LogP) is 0.785. The molecule has 2 heteroatoms. The van der Waals surface area contributed by atoms with Gasteiger partial charge in [-0.1, -0.05) is 0 Å². The third kappa shape index (κ3) is 0.652. The molecule has 0 N–H and O–H groups in total. The average molecular weight is 134 g/mol. The standard InChI is InChI=1S/C8H6O2/c9-7-1-5-2-8(10)4-6(5)3-7/h1,3H,2,4H2. The minimum absolute atomic E-state index is 0.0394. The maximum Gasteiger partial charge on any atom is 0.179 e. The summed E-state index contributed by atoms with van der Waals surface area (Å²) in [5.41, 5.74) is 1.88. The van der Waals surface area contributed by atoms with Crippen molar-refractivity contribution in [1.29, 1.82) is 0 Å². The summed E-state index contributed by atoms with van der Waals surface area (Å²) in [6.07, 6.45) is 4.05. The quantitative estimate of drug-likeness (QED) is 0.490.